The van der Waals surface area contributed by atoms with Gasteiger partial charge in [0.2, 0.25) is 0 Å². The van der Waals surface area contributed by atoms with E-state index in [9.17, 15) is 18.7 Å². The zero-order valence-electron chi connectivity index (χ0n) is 18.8. The molecular formula is C27H21F2N3O3. The van der Waals surface area contributed by atoms with Crippen molar-refractivity contribution < 1.29 is 23.1 Å². The third-order valence-corrected chi connectivity index (χ3v) is 5.68. The van der Waals surface area contributed by atoms with Gasteiger partial charge in [0.15, 0.2) is 5.65 Å². The van der Waals surface area contributed by atoms with Crippen LogP contribution in [0.15, 0.2) is 71.3 Å². The first kappa shape index (κ1) is 22.5. The number of benzene rings is 2. The number of carboxylic acid groups (broad SMARTS) is 1. The third kappa shape index (κ3) is 4.82. The van der Waals surface area contributed by atoms with Gasteiger partial charge < -0.3 is 9.52 Å². The fourth-order valence-electron chi connectivity index (χ4n) is 4.19. The molecule has 3 aromatic heterocycles. The molecule has 8 heteroatoms. The highest BCUT2D eigenvalue weighted by molar-refractivity contribution is 5.71. The highest BCUT2D eigenvalue weighted by atomic mass is 19.1. The molecule has 0 saturated carbocycles. The highest BCUT2D eigenvalue weighted by Crippen LogP contribution is 2.26. The van der Waals surface area contributed by atoms with E-state index in [0.29, 0.717) is 46.2 Å². The Morgan fingerprint density at radius 1 is 0.971 bits per heavy atom. The van der Waals surface area contributed by atoms with E-state index in [1.54, 1.807) is 10.6 Å². The van der Waals surface area contributed by atoms with Gasteiger partial charge in [0, 0.05) is 24.2 Å². The van der Waals surface area contributed by atoms with Gasteiger partial charge in [-0.3, -0.25) is 9.20 Å². The Kier molecular flexibility index (Phi) is 5.86. The number of rotatable bonds is 7. The number of fused-ring (bicyclic) bond motifs is 1. The minimum Gasteiger partial charge on any atom is -0.481 e. The van der Waals surface area contributed by atoms with Gasteiger partial charge in [-0.2, -0.15) is 0 Å². The topological polar surface area (TPSA) is 80.6 Å². The fraction of sp³-hybridized carbons (Fsp3) is 0.148. The highest BCUT2D eigenvalue weighted by Gasteiger charge is 2.21. The number of nitrogens with zero attached hydrogens (tertiary/aromatic N) is 3. The number of hydrogen-bond acceptors (Lipinski definition) is 4. The molecule has 0 aliphatic carbocycles. The summed E-state index contributed by atoms with van der Waals surface area (Å²) in [4.78, 5) is 21.3. The summed E-state index contributed by atoms with van der Waals surface area (Å²) in [5, 5.41) is 9.63. The Bertz CT molecular complexity index is 1520. The first-order valence-corrected chi connectivity index (χ1v) is 11.0. The maximum absolute atomic E-state index is 13.9. The number of halogens is 2. The number of aromatic nitrogens is 3. The van der Waals surface area contributed by atoms with Crippen LogP contribution in [0.25, 0.3) is 16.9 Å². The maximum atomic E-state index is 13.9. The summed E-state index contributed by atoms with van der Waals surface area (Å²) in [6, 6.07) is 16.4. The van der Waals surface area contributed by atoms with Crippen LogP contribution in [0.2, 0.25) is 0 Å². The average Bonchev–Trinajstić information content (AvgIpc) is 3.37. The first-order valence-electron chi connectivity index (χ1n) is 11.0. The summed E-state index contributed by atoms with van der Waals surface area (Å²) in [5.74, 6) is -0.971. The van der Waals surface area contributed by atoms with Crippen molar-refractivity contribution in [3.8, 4) is 11.3 Å². The quantitative estimate of drug-likeness (QED) is 0.343. The predicted octanol–water partition coefficient (Wildman–Crippen LogP) is 5.38. The molecule has 3 heterocycles. The SMILES string of the molecule is Cc1ccc(Cc2nc3c(Cc4cc(F)cc(F)c4)nc(-c4ccccc4)cn3c2CC(=O)O)o1. The van der Waals surface area contributed by atoms with Gasteiger partial charge in [-0.15, -0.1) is 0 Å². The van der Waals surface area contributed by atoms with Crippen molar-refractivity contribution >= 4 is 11.6 Å². The van der Waals surface area contributed by atoms with Crippen LogP contribution in [0.1, 0.15) is 34.2 Å². The van der Waals surface area contributed by atoms with Gasteiger partial charge in [-0.05, 0) is 36.8 Å². The number of furan rings is 1. The van der Waals surface area contributed by atoms with Gasteiger partial charge in [0.1, 0.15) is 23.2 Å². The largest absolute Gasteiger partial charge is 0.481 e. The summed E-state index contributed by atoms with van der Waals surface area (Å²) < 4.78 is 35.2. The Hall–Kier alpha value is -4.33. The van der Waals surface area contributed by atoms with Crippen molar-refractivity contribution in [1.82, 2.24) is 14.4 Å². The lowest BCUT2D eigenvalue weighted by molar-refractivity contribution is -0.136. The van der Waals surface area contributed by atoms with Crippen LogP contribution in [-0.4, -0.2) is 25.4 Å². The normalized spacial score (nSPS) is 11.3. The summed E-state index contributed by atoms with van der Waals surface area (Å²) >= 11 is 0. The van der Waals surface area contributed by atoms with Crippen molar-refractivity contribution in [3.05, 3.63) is 113 Å². The van der Waals surface area contributed by atoms with E-state index in [2.05, 4.69) is 0 Å². The zero-order valence-corrected chi connectivity index (χ0v) is 18.8. The van der Waals surface area contributed by atoms with E-state index in [-0.39, 0.29) is 12.8 Å². The molecule has 35 heavy (non-hydrogen) atoms. The van der Waals surface area contributed by atoms with E-state index >= 15 is 0 Å². The molecule has 0 aliphatic rings. The molecule has 0 spiro atoms. The van der Waals surface area contributed by atoms with Crippen molar-refractivity contribution in [2.75, 3.05) is 0 Å². The van der Waals surface area contributed by atoms with Gasteiger partial charge in [-0.25, -0.2) is 18.7 Å². The minimum absolute atomic E-state index is 0.113. The van der Waals surface area contributed by atoms with Gasteiger partial charge in [0.25, 0.3) is 0 Å². The van der Waals surface area contributed by atoms with Crippen molar-refractivity contribution in [3.63, 3.8) is 0 Å². The Labute approximate surface area is 199 Å². The second kappa shape index (κ2) is 9.13. The van der Waals surface area contributed by atoms with Crippen LogP contribution in [-0.2, 0) is 24.1 Å². The smallest absolute Gasteiger partial charge is 0.309 e. The Morgan fingerprint density at radius 3 is 2.37 bits per heavy atom. The molecule has 5 aromatic rings. The molecule has 1 N–H and O–H groups in total. The molecule has 0 bridgehead atoms. The summed E-state index contributed by atoms with van der Waals surface area (Å²) in [6.45, 7) is 1.83. The second-order valence-electron chi connectivity index (χ2n) is 8.35. The number of carboxylic acids is 1. The van der Waals surface area contributed by atoms with E-state index in [0.717, 1.165) is 17.4 Å². The fourth-order valence-corrected chi connectivity index (χ4v) is 4.19. The molecule has 0 unspecified atom stereocenters. The van der Waals surface area contributed by atoms with Crippen LogP contribution < -0.4 is 0 Å². The van der Waals surface area contributed by atoms with Crippen molar-refractivity contribution in [1.29, 1.82) is 0 Å². The maximum Gasteiger partial charge on any atom is 0.309 e. The molecule has 0 fully saturated rings. The molecule has 6 nitrogen and oxygen atoms in total. The molecule has 0 amide bonds. The van der Waals surface area contributed by atoms with Crippen LogP contribution in [0.3, 0.4) is 0 Å². The monoisotopic (exact) mass is 473 g/mol. The van der Waals surface area contributed by atoms with Gasteiger partial charge >= 0.3 is 5.97 Å². The van der Waals surface area contributed by atoms with Gasteiger partial charge in [-0.1, -0.05) is 30.3 Å². The summed E-state index contributed by atoms with van der Waals surface area (Å²) in [7, 11) is 0. The predicted molar refractivity (Wildman–Crippen MR) is 125 cm³/mol. The van der Waals surface area contributed by atoms with Crippen molar-refractivity contribution in [2.24, 2.45) is 0 Å². The molecule has 0 saturated heterocycles. The molecule has 0 aliphatic heterocycles. The van der Waals surface area contributed by atoms with Crippen LogP contribution in [0, 0.1) is 18.6 Å². The number of imidazole rings is 1. The van der Waals surface area contributed by atoms with Crippen LogP contribution in [0.5, 0.6) is 0 Å². The Balaban J connectivity index is 1.71. The molecule has 5 rings (SSSR count). The molecule has 176 valence electrons. The van der Waals surface area contributed by atoms with E-state index in [1.165, 1.54) is 12.1 Å². The van der Waals surface area contributed by atoms with Crippen LogP contribution >= 0.6 is 0 Å². The number of hydrogen-bond donors (Lipinski definition) is 1. The second-order valence-corrected chi connectivity index (χ2v) is 8.35. The van der Waals surface area contributed by atoms with Gasteiger partial charge in [0.05, 0.1) is 35.6 Å². The molecular weight excluding hydrogens is 452 g/mol. The standard InChI is InChI=1S/C27H21F2N3O3/c1-16-7-8-21(35-16)13-22-25(14-26(33)34)32-15-24(18-5-3-2-4-6-18)30-23(27(32)31-22)11-17-9-19(28)12-20(29)10-17/h2-10,12,15H,11,13-14H2,1H3,(H,33,34). The summed E-state index contributed by atoms with van der Waals surface area (Å²) in [6.07, 6.45) is 1.90. The minimum atomic E-state index is -1.00. The number of aryl methyl sites for hydroxylation is 1. The molecule has 2 aromatic carbocycles. The molecule has 0 radical (unpaired) electrons. The summed E-state index contributed by atoms with van der Waals surface area (Å²) in [5.41, 5.74) is 3.75. The average molecular weight is 473 g/mol. The van der Waals surface area contributed by atoms with Crippen LogP contribution in [0.4, 0.5) is 8.78 Å². The van der Waals surface area contributed by atoms with E-state index < -0.39 is 17.6 Å². The first-order chi connectivity index (χ1) is 16.9. The lowest BCUT2D eigenvalue weighted by Crippen LogP contribution is -2.08. The number of aliphatic carboxylic acids is 1. The third-order valence-electron chi connectivity index (χ3n) is 5.68. The Morgan fingerprint density at radius 2 is 1.71 bits per heavy atom. The lowest BCUT2D eigenvalue weighted by atomic mass is 10.1. The van der Waals surface area contributed by atoms with Crippen molar-refractivity contribution in [2.45, 2.75) is 26.2 Å². The van der Waals surface area contributed by atoms with E-state index in [1.807, 2.05) is 49.4 Å². The zero-order chi connectivity index (χ0) is 24.5. The van der Waals surface area contributed by atoms with E-state index in [4.69, 9.17) is 14.4 Å². The lowest BCUT2D eigenvalue weighted by Gasteiger charge is -2.10. The molecule has 0 atom stereocenters. The number of carbonyl (C=O) groups is 1.